The third-order valence-corrected chi connectivity index (χ3v) is 4.86. The summed E-state index contributed by atoms with van der Waals surface area (Å²) in [5, 5.41) is 15.9. The molecule has 0 aliphatic rings. The molecule has 1 rings (SSSR count). The first-order chi connectivity index (χ1) is 7.80. The molecule has 17 heavy (non-hydrogen) atoms. The maximum atomic E-state index is 12.2. The van der Waals surface area contributed by atoms with E-state index < -0.39 is 10.0 Å². The van der Waals surface area contributed by atoms with E-state index >= 15 is 0 Å². The van der Waals surface area contributed by atoms with Crippen LogP contribution in [0.5, 0.6) is 0 Å². The van der Waals surface area contributed by atoms with Crippen LogP contribution in [0.3, 0.4) is 0 Å². The molecular weight excluding hydrogens is 310 g/mol. The van der Waals surface area contributed by atoms with Crippen LogP contribution in [0, 0.1) is 17.2 Å². The number of rotatable bonds is 4. The second-order valence-electron chi connectivity index (χ2n) is 3.62. The van der Waals surface area contributed by atoms with Gasteiger partial charge in [0, 0.05) is 20.6 Å². The summed E-state index contributed by atoms with van der Waals surface area (Å²) in [6.07, 6.45) is 0. The zero-order valence-electron chi connectivity index (χ0n) is 9.62. The molecule has 1 aromatic rings. The van der Waals surface area contributed by atoms with Gasteiger partial charge < -0.3 is 0 Å². The fourth-order valence-electron chi connectivity index (χ4n) is 1.27. The molecule has 0 saturated carbocycles. The lowest BCUT2D eigenvalue weighted by atomic mass is 10.2. The van der Waals surface area contributed by atoms with Gasteiger partial charge in [-0.05, 0) is 22.9 Å². The monoisotopic (exact) mass is 321 g/mol. The molecule has 0 radical (unpaired) electrons. The number of nitrogens with zero attached hydrogens (tertiary/aromatic N) is 5. The van der Waals surface area contributed by atoms with E-state index in [0.717, 1.165) is 4.31 Å². The molecule has 1 aromatic heterocycles. The number of hydrogen-bond acceptors (Lipinski definition) is 5. The molecule has 0 aliphatic carbocycles. The number of aromatic nitrogens is 3. The Morgan fingerprint density at radius 1 is 1.65 bits per heavy atom. The molecule has 0 spiro atoms. The van der Waals surface area contributed by atoms with Gasteiger partial charge in [0.05, 0.1) is 12.0 Å². The van der Waals surface area contributed by atoms with Gasteiger partial charge in [-0.3, -0.25) is 0 Å². The standard InChI is InChI=1S/C8H12BrN5O2S/c1-6(4-10)5-13(2)17(15,16)8-7(9)11-12-14(8)3/h6H,5H2,1-3H3. The SMILES string of the molecule is CC(C#N)CN(C)S(=O)(=O)c1c(Br)nnn1C. The number of hydrogen-bond donors (Lipinski definition) is 0. The molecule has 0 amide bonds. The summed E-state index contributed by atoms with van der Waals surface area (Å²) < 4.78 is 26.8. The van der Waals surface area contributed by atoms with Crippen molar-refractivity contribution in [3.05, 3.63) is 4.60 Å². The van der Waals surface area contributed by atoms with Gasteiger partial charge in [0.25, 0.3) is 10.0 Å². The number of aryl methyl sites for hydroxylation is 1. The minimum atomic E-state index is -3.69. The highest BCUT2D eigenvalue weighted by atomic mass is 79.9. The third kappa shape index (κ3) is 2.83. The van der Waals surface area contributed by atoms with Crippen LogP contribution < -0.4 is 0 Å². The van der Waals surface area contributed by atoms with Gasteiger partial charge in [-0.1, -0.05) is 5.21 Å². The second kappa shape index (κ2) is 5.12. The highest BCUT2D eigenvalue weighted by molar-refractivity contribution is 9.10. The van der Waals surface area contributed by atoms with Crippen molar-refractivity contribution in [1.82, 2.24) is 19.3 Å². The Balaban J connectivity index is 3.09. The summed E-state index contributed by atoms with van der Waals surface area (Å²) in [6.45, 7) is 1.78. The van der Waals surface area contributed by atoms with Crippen molar-refractivity contribution in [2.75, 3.05) is 13.6 Å². The van der Waals surface area contributed by atoms with Crippen LogP contribution in [-0.4, -0.2) is 41.3 Å². The van der Waals surface area contributed by atoms with E-state index in [-0.39, 0.29) is 22.1 Å². The Morgan fingerprint density at radius 3 is 2.65 bits per heavy atom. The molecule has 7 nitrogen and oxygen atoms in total. The van der Waals surface area contributed by atoms with Crippen LogP contribution in [0.15, 0.2) is 9.63 Å². The maximum absolute atomic E-state index is 12.2. The maximum Gasteiger partial charge on any atom is 0.262 e. The van der Waals surface area contributed by atoms with Crippen molar-refractivity contribution in [3.8, 4) is 6.07 Å². The van der Waals surface area contributed by atoms with Crippen LogP contribution in [0.1, 0.15) is 6.92 Å². The van der Waals surface area contributed by atoms with Gasteiger partial charge >= 0.3 is 0 Å². The van der Waals surface area contributed by atoms with E-state index in [1.165, 1.54) is 18.8 Å². The first-order valence-electron chi connectivity index (χ1n) is 4.71. The predicted octanol–water partition coefficient (Wildman–Crippen LogP) is 0.358. The summed E-state index contributed by atoms with van der Waals surface area (Å²) in [5.41, 5.74) is 0. The lowest BCUT2D eigenvalue weighted by Gasteiger charge is -2.17. The topological polar surface area (TPSA) is 91.9 Å². The second-order valence-corrected chi connectivity index (χ2v) is 6.34. The van der Waals surface area contributed by atoms with Crippen LogP contribution in [0.4, 0.5) is 0 Å². The van der Waals surface area contributed by atoms with Crippen molar-refractivity contribution < 1.29 is 8.42 Å². The largest absolute Gasteiger partial charge is 0.262 e. The normalized spacial score (nSPS) is 13.6. The molecule has 0 aliphatic heterocycles. The van der Waals surface area contributed by atoms with Gasteiger partial charge in [0.2, 0.25) is 5.03 Å². The van der Waals surface area contributed by atoms with Crippen molar-refractivity contribution in [2.45, 2.75) is 11.9 Å². The first kappa shape index (κ1) is 14.1. The quantitative estimate of drug-likeness (QED) is 0.798. The van der Waals surface area contributed by atoms with E-state index in [1.807, 2.05) is 6.07 Å². The van der Waals surface area contributed by atoms with Crippen LogP contribution in [0.2, 0.25) is 0 Å². The molecule has 0 saturated heterocycles. The average Bonchev–Trinajstić information content (AvgIpc) is 2.58. The van der Waals surface area contributed by atoms with Crippen molar-refractivity contribution in [1.29, 1.82) is 5.26 Å². The van der Waals surface area contributed by atoms with E-state index in [2.05, 4.69) is 26.2 Å². The van der Waals surface area contributed by atoms with Gasteiger partial charge in [-0.25, -0.2) is 13.1 Å². The van der Waals surface area contributed by atoms with E-state index in [1.54, 1.807) is 6.92 Å². The fourth-order valence-corrected chi connectivity index (χ4v) is 3.55. The lowest BCUT2D eigenvalue weighted by Crippen LogP contribution is -2.32. The molecule has 1 heterocycles. The zero-order valence-corrected chi connectivity index (χ0v) is 12.0. The summed E-state index contributed by atoms with van der Waals surface area (Å²) in [5.74, 6) is -0.380. The third-order valence-electron chi connectivity index (χ3n) is 2.14. The minimum Gasteiger partial charge on any atom is -0.235 e. The molecule has 94 valence electrons. The summed E-state index contributed by atoms with van der Waals surface area (Å²) in [4.78, 5) is 0. The van der Waals surface area contributed by atoms with Gasteiger partial charge in [-0.2, -0.15) is 9.57 Å². The molecule has 1 atom stereocenters. The van der Waals surface area contributed by atoms with E-state index in [9.17, 15) is 8.42 Å². The molecule has 0 aromatic carbocycles. The zero-order chi connectivity index (χ0) is 13.2. The summed E-state index contributed by atoms with van der Waals surface area (Å²) in [6, 6.07) is 1.99. The van der Waals surface area contributed by atoms with Gasteiger partial charge in [-0.15, -0.1) is 5.10 Å². The average molecular weight is 322 g/mol. The Morgan fingerprint density at radius 2 is 2.24 bits per heavy atom. The molecule has 0 N–H and O–H groups in total. The highest BCUT2D eigenvalue weighted by Gasteiger charge is 2.29. The minimum absolute atomic E-state index is 0.0230. The summed E-state index contributed by atoms with van der Waals surface area (Å²) in [7, 11) is -0.777. The van der Waals surface area contributed by atoms with Crippen molar-refractivity contribution in [2.24, 2.45) is 13.0 Å². The number of sulfonamides is 1. The van der Waals surface area contributed by atoms with Gasteiger partial charge in [0.15, 0.2) is 4.60 Å². The van der Waals surface area contributed by atoms with E-state index in [0.29, 0.717) is 0 Å². The fraction of sp³-hybridized carbons (Fsp3) is 0.625. The highest BCUT2D eigenvalue weighted by Crippen LogP contribution is 2.21. The Kier molecular flexibility index (Phi) is 4.24. The first-order valence-corrected chi connectivity index (χ1v) is 6.95. The van der Waals surface area contributed by atoms with Crippen LogP contribution in [-0.2, 0) is 17.1 Å². The Hall–Kier alpha value is -0.980. The summed E-state index contributed by atoms with van der Waals surface area (Å²) >= 11 is 3.04. The smallest absolute Gasteiger partial charge is 0.235 e. The number of nitriles is 1. The van der Waals surface area contributed by atoms with Crippen LogP contribution in [0.25, 0.3) is 0 Å². The molecule has 1 unspecified atom stereocenters. The Bertz CT molecular complexity index is 527. The van der Waals surface area contributed by atoms with Crippen molar-refractivity contribution >= 4 is 26.0 Å². The molecule has 0 fully saturated rings. The van der Waals surface area contributed by atoms with E-state index in [4.69, 9.17) is 5.26 Å². The molecule has 0 bridgehead atoms. The Labute approximate surface area is 108 Å². The molecule has 9 heteroatoms. The van der Waals surface area contributed by atoms with Crippen LogP contribution >= 0.6 is 15.9 Å². The predicted molar refractivity (Wildman–Crippen MR) is 63.3 cm³/mol. The van der Waals surface area contributed by atoms with Crippen molar-refractivity contribution in [3.63, 3.8) is 0 Å². The lowest BCUT2D eigenvalue weighted by molar-refractivity contribution is 0.432. The number of halogens is 1. The van der Waals surface area contributed by atoms with Gasteiger partial charge in [0.1, 0.15) is 0 Å². The molecular formula is C8H12BrN5O2S.